The monoisotopic (exact) mass is 335 g/mol. The molecule has 0 saturated heterocycles. The molecule has 0 amide bonds. The Kier molecular flexibility index (Phi) is 12.5. The number of para-hydroxylation sites is 1. The van der Waals surface area contributed by atoms with Crippen molar-refractivity contribution in [1.82, 2.24) is 0 Å². The van der Waals surface area contributed by atoms with Gasteiger partial charge in [0.05, 0.1) is 5.56 Å². The number of rotatable bonds is 10. The summed E-state index contributed by atoms with van der Waals surface area (Å²) in [6.45, 7) is 6.03. The summed E-state index contributed by atoms with van der Waals surface area (Å²) in [6.07, 6.45) is 11.5. The molecule has 4 nitrogen and oxygen atoms in total. The Hall–Kier alpha value is -1.84. The molecule has 0 aliphatic rings. The summed E-state index contributed by atoms with van der Waals surface area (Å²) in [5.74, 6) is -0.707. The van der Waals surface area contributed by atoms with Crippen LogP contribution in [0.5, 0.6) is 0 Å². The number of benzene rings is 1. The first-order valence-electron chi connectivity index (χ1n) is 8.97. The maximum atomic E-state index is 10.5. The third kappa shape index (κ3) is 10.0. The number of nitrogen functional groups attached to an aromatic ring is 1. The van der Waals surface area contributed by atoms with Crippen LogP contribution < -0.4 is 5.73 Å². The smallest absolute Gasteiger partial charge is 0.337 e. The molecule has 0 aromatic heterocycles. The molecule has 1 rings (SSSR count). The summed E-state index contributed by atoms with van der Waals surface area (Å²) >= 11 is 0. The SMILES string of the molecule is CCCCCCCCCC(C)C=O.Cc1cccc(C(=O)O)c1N. The second-order valence-corrected chi connectivity index (χ2v) is 6.36. The van der Waals surface area contributed by atoms with Crippen LogP contribution >= 0.6 is 0 Å². The average Bonchev–Trinajstić information content (AvgIpc) is 2.56. The van der Waals surface area contributed by atoms with E-state index < -0.39 is 5.97 Å². The van der Waals surface area contributed by atoms with Gasteiger partial charge in [-0.05, 0) is 25.0 Å². The molecular weight excluding hydrogens is 302 g/mol. The number of carbonyl (C=O) groups excluding carboxylic acids is 1. The standard InChI is InChI=1S/C12H24O.C8H9NO2/c1-3-4-5-6-7-8-9-10-12(2)11-13;1-5-3-2-4-6(7(5)9)8(10)11/h11-12H,3-10H2,1-2H3;2-4H,9H2,1H3,(H,10,11). The Balaban J connectivity index is 0.000000446. The number of carboxylic acids is 1. The summed E-state index contributed by atoms with van der Waals surface area (Å²) in [4.78, 5) is 20.8. The van der Waals surface area contributed by atoms with Gasteiger partial charge < -0.3 is 15.6 Å². The van der Waals surface area contributed by atoms with E-state index in [1.807, 2.05) is 6.92 Å². The molecule has 136 valence electrons. The van der Waals surface area contributed by atoms with Gasteiger partial charge >= 0.3 is 5.97 Å². The number of hydrogen-bond donors (Lipinski definition) is 2. The summed E-state index contributed by atoms with van der Waals surface area (Å²) in [6, 6.07) is 4.95. The molecule has 0 bridgehead atoms. The predicted octanol–water partition coefficient (Wildman–Crippen LogP) is 5.24. The summed E-state index contributed by atoms with van der Waals surface area (Å²) in [7, 11) is 0. The van der Waals surface area contributed by atoms with Crippen LogP contribution in [0.2, 0.25) is 0 Å². The van der Waals surface area contributed by atoms with E-state index in [1.54, 1.807) is 19.1 Å². The van der Waals surface area contributed by atoms with Crippen molar-refractivity contribution >= 4 is 17.9 Å². The van der Waals surface area contributed by atoms with Gasteiger partial charge in [0.25, 0.3) is 0 Å². The van der Waals surface area contributed by atoms with Crippen molar-refractivity contribution in [3.05, 3.63) is 29.3 Å². The number of carbonyl (C=O) groups is 2. The molecule has 0 heterocycles. The highest BCUT2D eigenvalue weighted by atomic mass is 16.4. The van der Waals surface area contributed by atoms with E-state index in [9.17, 15) is 9.59 Å². The van der Waals surface area contributed by atoms with Crippen LogP contribution in [0.4, 0.5) is 5.69 Å². The van der Waals surface area contributed by atoms with Crippen molar-refractivity contribution in [1.29, 1.82) is 0 Å². The highest BCUT2D eigenvalue weighted by molar-refractivity contribution is 5.94. The van der Waals surface area contributed by atoms with Crippen molar-refractivity contribution in [2.45, 2.75) is 72.1 Å². The molecule has 0 aliphatic heterocycles. The van der Waals surface area contributed by atoms with Crippen LogP contribution in [0, 0.1) is 12.8 Å². The Morgan fingerprint density at radius 2 is 1.75 bits per heavy atom. The minimum atomic E-state index is -0.980. The highest BCUT2D eigenvalue weighted by Gasteiger charge is 2.07. The normalized spacial score (nSPS) is 11.3. The lowest BCUT2D eigenvalue weighted by Gasteiger charge is -2.02. The van der Waals surface area contributed by atoms with Crippen molar-refractivity contribution < 1.29 is 14.7 Å². The van der Waals surface area contributed by atoms with Crippen molar-refractivity contribution in [2.75, 3.05) is 5.73 Å². The number of aryl methyl sites for hydroxylation is 1. The predicted molar refractivity (Wildman–Crippen MR) is 100 cm³/mol. The van der Waals surface area contributed by atoms with Gasteiger partial charge in [-0.15, -0.1) is 0 Å². The Morgan fingerprint density at radius 1 is 1.17 bits per heavy atom. The van der Waals surface area contributed by atoms with Crippen LogP contribution in [0.15, 0.2) is 18.2 Å². The third-order valence-electron chi connectivity index (χ3n) is 4.05. The number of nitrogens with two attached hydrogens (primary N) is 1. The van der Waals surface area contributed by atoms with E-state index in [0.29, 0.717) is 5.69 Å². The lowest BCUT2D eigenvalue weighted by atomic mass is 10.0. The number of anilines is 1. The Morgan fingerprint density at radius 3 is 2.25 bits per heavy atom. The number of hydrogen-bond acceptors (Lipinski definition) is 3. The van der Waals surface area contributed by atoms with Crippen molar-refractivity contribution in [3.8, 4) is 0 Å². The van der Waals surface area contributed by atoms with Gasteiger partial charge in [-0.3, -0.25) is 0 Å². The Bertz CT molecular complexity index is 486. The second-order valence-electron chi connectivity index (χ2n) is 6.36. The van der Waals surface area contributed by atoms with Crippen LogP contribution in [-0.4, -0.2) is 17.4 Å². The quantitative estimate of drug-likeness (QED) is 0.348. The van der Waals surface area contributed by atoms with Crippen LogP contribution in [0.25, 0.3) is 0 Å². The minimum Gasteiger partial charge on any atom is -0.478 e. The van der Waals surface area contributed by atoms with E-state index >= 15 is 0 Å². The maximum absolute atomic E-state index is 10.5. The zero-order valence-electron chi connectivity index (χ0n) is 15.4. The first-order chi connectivity index (χ1) is 11.4. The lowest BCUT2D eigenvalue weighted by molar-refractivity contribution is -0.110. The fourth-order valence-electron chi connectivity index (χ4n) is 2.36. The fraction of sp³-hybridized carbons (Fsp3) is 0.600. The van der Waals surface area contributed by atoms with Gasteiger partial charge in [0.15, 0.2) is 0 Å². The van der Waals surface area contributed by atoms with Gasteiger partial charge in [0, 0.05) is 11.6 Å². The summed E-state index contributed by atoms with van der Waals surface area (Å²) in [5, 5.41) is 8.61. The van der Waals surface area contributed by atoms with Gasteiger partial charge in [0.2, 0.25) is 0 Å². The molecule has 0 fully saturated rings. The van der Waals surface area contributed by atoms with Crippen molar-refractivity contribution in [2.24, 2.45) is 5.92 Å². The van der Waals surface area contributed by atoms with E-state index in [2.05, 4.69) is 6.92 Å². The average molecular weight is 335 g/mol. The molecule has 0 radical (unpaired) electrons. The largest absolute Gasteiger partial charge is 0.478 e. The maximum Gasteiger partial charge on any atom is 0.337 e. The molecule has 0 aliphatic carbocycles. The number of carboxylic acid groups (broad SMARTS) is 1. The zero-order chi connectivity index (χ0) is 18.4. The number of aromatic carboxylic acids is 1. The molecule has 0 spiro atoms. The van der Waals surface area contributed by atoms with E-state index in [0.717, 1.165) is 18.3 Å². The van der Waals surface area contributed by atoms with Gasteiger partial charge in [-0.1, -0.05) is 70.9 Å². The zero-order valence-corrected chi connectivity index (χ0v) is 15.4. The molecule has 1 atom stereocenters. The molecule has 4 heteroatoms. The fourth-order valence-corrected chi connectivity index (χ4v) is 2.36. The summed E-state index contributed by atoms with van der Waals surface area (Å²) in [5.41, 5.74) is 6.82. The summed E-state index contributed by atoms with van der Waals surface area (Å²) < 4.78 is 0. The number of unbranched alkanes of at least 4 members (excludes halogenated alkanes) is 6. The molecule has 1 unspecified atom stereocenters. The molecule has 3 N–H and O–H groups in total. The molecule has 1 aromatic carbocycles. The van der Waals surface area contributed by atoms with E-state index in [-0.39, 0.29) is 11.5 Å². The first-order valence-corrected chi connectivity index (χ1v) is 8.97. The van der Waals surface area contributed by atoms with Gasteiger partial charge in [0.1, 0.15) is 6.29 Å². The first kappa shape index (κ1) is 22.2. The van der Waals surface area contributed by atoms with Crippen LogP contribution in [0.1, 0.15) is 81.1 Å². The third-order valence-corrected chi connectivity index (χ3v) is 4.05. The van der Waals surface area contributed by atoms with Gasteiger partial charge in [-0.25, -0.2) is 4.79 Å². The molecule has 1 aromatic rings. The highest BCUT2D eigenvalue weighted by Crippen LogP contribution is 2.15. The van der Waals surface area contributed by atoms with Gasteiger partial charge in [-0.2, -0.15) is 0 Å². The topological polar surface area (TPSA) is 80.4 Å². The number of aldehydes is 1. The van der Waals surface area contributed by atoms with Crippen LogP contribution in [-0.2, 0) is 4.79 Å². The molecule has 0 saturated carbocycles. The van der Waals surface area contributed by atoms with Crippen LogP contribution in [0.3, 0.4) is 0 Å². The lowest BCUT2D eigenvalue weighted by Crippen LogP contribution is -2.03. The minimum absolute atomic E-state index is 0.171. The van der Waals surface area contributed by atoms with Crippen molar-refractivity contribution in [3.63, 3.8) is 0 Å². The van der Waals surface area contributed by atoms with E-state index in [1.165, 1.54) is 51.0 Å². The second kappa shape index (κ2) is 13.6. The molecular formula is C20H33NO3. The Labute approximate surface area is 146 Å². The van der Waals surface area contributed by atoms with E-state index in [4.69, 9.17) is 10.8 Å². The molecule has 24 heavy (non-hydrogen) atoms.